The van der Waals surface area contributed by atoms with Crippen LogP contribution < -0.4 is 5.32 Å². The smallest absolute Gasteiger partial charge is 0.169 e. The van der Waals surface area contributed by atoms with E-state index in [1.807, 2.05) is 6.92 Å². The van der Waals surface area contributed by atoms with Gasteiger partial charge in [0.15, 0.2) is 14.9 Å². The highest BCUT2D eigenvalue weighted by atomic mass is 32.2. The van der Waals surface area contributed by atoms with Gasteiger partial charge in [0.2, 0.25) is 0 Å². The summed E-state index contributed by atoms with van der Waals surface area (Å²) in [6.45, 7) is 10.0. The second kappa shape index (κ2) is 6.41. The van der Waals surface area contributed by atoms with E-state index >= 15 is 0 Å². The molecule has 2 saturated heterocycles. The standard InChI is InChI=1S/C13H23N3O2S2/c1-11(2)9-14-13(19)16-6-4-15(5-7-16)12-3-8-20(17,18)10-12/h12H,1,3-10H2,2H3,(H,14,19)/t12-/m1/s1. The molecule has 1 N–H and O–H groups in total. The lowest BCUT2D eigenvalue weighted by atomic mass is 10.2. The largest absolute Gasteiger partial charge is 0.359 e. The van der Waals surface area contributed by atoms with Crippen LogP contribution in [0.2, 0.25) is 0 Å². The highest BCUT2D eigenvalue weighted by molar-refractivity contribution is 7.91. The van der Waals surface area contributed by atoms with E-state index < -0.39 is 9.84 Å². The van der Waals surface area contributed by atoms with Crippen LogP contribution in [-0.2, 0) is 9.84 Å². The lowest BCUT2D eigenvalue weighted by molar-refractivity contribution is 0.142. The van der Waals surface area contributed by atoms with Crippen molar-refractivity contribution in [3.05, 3.63) is 12.2 Å². The van der Waals surface area contributed by atoms with Crippen LogP contribution in [0.4, 0.5) is 0 Å². The molecular formula is C13H23N3O2S2. The van der Waals surface area contributed by atoms with Crippen LogP contribution in [0, 0.1) is 0 Å². The Balaban J connectivity index is 1.78. The van der Waals surface area contributed by atoms with Crippen LogP contribution in [0.25, 0.3) is 0 Å². The van der Waals surface area contributed by atoms with Crippen LogP contribution in [0.5, 0.6) is 0 Å². The molecule has 0 aliphatic carbocycles. The maximum absolute atomic E-state index is 11.5. The van der Waals surface area contributed by atoms with Crippen molar-refractivity contribution in [2.75, 3.05) is 44.2 Å². The van der Waals surface area contributed by atoms with E-state index in [4.69, 9.17) is 12.2 Å². The zero-order valence-electron chi connectivity index (χ0n) is 12.0. The first kappa shape index (κ1) is 15.7. The lowest BCUT2D eigenvalue weighted by Crippen LogP contribution is -2.54. The molecule has 5 nitrogen and oxygen atoms in total. The average molecular weight is 317 g/mol. The summed E-state index contributed by atoms with van der Waals surface area (Å²) in [4.78, 5) is 4.45. The molecule has 0 aromatic heterocycles. The first-order valence-electron chi connectivity index (χ1n) is 6.99. The Morgan fingerprint density at radius 1 is 1.35 bits per heavy atom. The van der Waals surface area contributed by atoms with Gasteiger partial charge in [-0.25, -0.2) is 8.42 Å². The van der Waals surface area contributed by atoms with E-state index in [9.17, 15) is 8.42 Å². The van der Waals surface area contributed by atoms with Gasteiger partial charge in [0.05, 0.1) is 11.5 Å². The summed E-state index contributed by atoms with van der Waals surface area (Å²) < 4.78 is 23.1. The number of rotatable bonds is 3. The molecule has 0 spiro atoms. The molecule has 1 atom stereocenters. The number of piperazine rings is 1. The Bertz CT molecular complexity index is 482. The molecule has 0 unspecified atom stereocenters. The Morgan fingerprint density at radius 2 is 2.00 bits per heavy atom. The maximum atomic E-state index is 11.5. The minimum absolute atomic E-state index is 0.208. The van der Waals surface area contributed by atoms with Crippen molar-refractivity contribution >= 4 is 27.2 Å². The molecule has 0 amide bonds. The first-order valence-corrected chi connectivity index (χ1v) is 9.22. The fourth-order valence-corrected chi connectivity index (χ4v) is 4.71. The third-order valence-electron chi connectivity index (χ3n) is 3.87. The molecule has 2 aliphatic heterocycles. The highest BCUT2D eigenvalue weighted by Crippen LogP contribution is 2.19. The summed E-state index contributed by atoms with van der Waals surface area (Å²) in [5, 5.41) is 3.96. The second-order valence-electron chi connectivity index (χ2n) is 5.70. The molecule has 2 aliphatic rings. The first-order chi connectivity index (χ1) is 9.37. The number of hydrogen-bond acceptors (Lipinski definition) is 4. The van der Waals surface area contributed by atoms with Gasteiger partial charge in [0, 0.05) is 38.8 Å². The van der Waals surface area contributed by atoms with E-state index in [2.05, 4.69) is 21.7 Å². The molecule has 0 aromatic carbocycles. The van der Waals surface area contributed by atoms with Gasteiger partial charge in [0.25, 0.3) is 0 Å². The van der Waals surface area contributed by atoms with Gasteiger partial charge in [0.1, 0.15) is 0 Å². The van der Waals surface area contributed by atoms with Crippen LogP contribution in [0.1, 0.15) is 13.3 Å². The molecule has 0 aromatic rings. The topological polar surface area (TPSA) is 52.6 Å². The summed E-state index contributed by atoms with van der Waals surface area (Å²) in [7, 11) is -2.80. The highest BCUT2D eigenvalue weighted by Gasteiger charge is 2.33. The Hall–Kier alpha value is -0.660. The lowest BCUT2D eigenvalue weighted by Gasteiger charge is -2.38. The van der Waals surface area contributed by atoms with Gasteiger partial charge in [-0.1, -0.05) is 12.2 Å². The predicted octanol–water partition coefficient (Wildman–Crippen LogP) is 0.242. The van der Waals surface area contributed by atoms with Crippen LogP contribution in [0.3, 0.4) is 0 Å². The summed E-state index contributed by atoms with van der Waals surface area (Å²) >= 11 is 5.36. The van der Waals surface area contributed by atoms with Gasteiger partial charge < -0.3 is 10.2 Å². The molecule has 2 heterocycles. The van der Waals surface area contributed by atoms with E-state index in [0.29, 0.717) is 18.1 Å². The summed E-state index contributed by atoms with van der Waals surface area (Å²) in [6.07, 6.45) is 0.778. The van der Waals surface area contributed by atoms with Gasteiger partial charge in [-0.05, 0) is 25.6 Å². The minimum Gasteiger partial charge on any atom is -0.359 e. The Morgan fingerprint density at radius 3 is 2.50 bits per heavy atom. The molecule has 2 fully saturated rings. The molecular weight excluding hydrogens is 294 g/mol. The minimum atomic E-state index is -2.80. The van der Waals surface area contributed by atoms with Crippen molar-refractivity contribution < 1.29 is 8.42 Å². The molecule has 0 bridgehead atoms. The zero-order valence-corrected chi connectivity index (χ0v) is 13.6. The normalized spacial score (nSPS) is 26.4. The zero-order chi connectivity index (χ0) is 14.8. The maximum Gasteiger partial charge on any atom is 0.169 e. The van der Waals surface area contributed by atoms with Crippen LogP contribution in [-0.4, -0.2) is 73.6 Å². The fraction of sp³-hybridized carbons (Fsp3) is 0.769. The molecule has 20 heavy (non-hydrogen) atoms. The van der Waals surface area contributed by atoms with Crippen LogP contribution in [0.15, 0.2) is 12.2 Å². The number of hydrogen-bond donors (Lipinski definition) is 1. The van der Waals surface area contributed by atoms with Gasteiger partial charge in [-0.15, -0.1) is 0 Å². The third kappa shape index (κ3) is 4.17. The molecule has 0 radical (unpaired) electrons. The molecule has 2 rings (SSSR count). The number of nitrogens with one attached hydrogen (secondary N) is 1. The van der Waals surface area contributed by atoms with Gasteiger partial charge in [-0.3, -0.25) is 4.90 Å². The van der Waals surface area contributed by atoms with E-state index in [1.165, 1.54) is 0 Å². The van der Waals surface area contributed by atoms with E-state index in [1.54, 1.807) is 0 Å². The summed E-state index contributed by atoms with van der Waals surface area (Å²) in [6, 6.07) is 0.208. The summed E-state index contributed by atoms with van der Waals surface area (Å²) in [5.41, 5.74) is 1.06. The third-order valence-corrected chi connectivity index (χ3v) is 6.02. The monoisotopic (exact) mass is 317 g/mol. The second-order valence-corrected chi connectivity index (χ2v) is 8.31. The van der Waals surface area contributed by atoms with E-state index in [0.717, 1.165) is 43.3 Å². The Labute approximate surface area is 126 Å². The fourth-order valence-electron chi connectivity index (χ4n) is 2.69. The SMILES string of the molecule is C=C(C)CNC(=S)N1CCN([C@@H]2CCS(=O)(=O)C2)CC1. The summed E-state index contributed by atoms with van der Waals surface area (Å²) in [5.74, 6) is 0.668. The predicted molar refractivity (Wildman–Crippen MR) is 85.6 cm³/mol. The van der Waals surface area contributed by atoms with Crippen molar-refractivity contribution in [1.82, 2.24) is 15.1 Å². The van der Waals surface area contributed by atoms with Crippen LogP contribution >= 0.6 is 12.2 Å². The van der Waals surface area contributed by atoms with Crippen molar-refractivity contribution in [3.63, 3.8) is 0 Å². The van der Waals surface area contributed by atoms with Crippen molar-refractivity contribution in [1.29, 1.82) is 0 Å². The molecule has 0 saturated carbocycles. The average Bonchev–Trinajstić information content (AvgIpc) is 2.76. The Kier molecular flexibility index (Phi) is 5.04. The number of nitrogens with zero attached hydrogens (tertiary/aromatic N) is 2. The van der Waals surface area contributed by atoms with Crippen molar-refractivity contribution in [2.45, 2.75) is 19.4 Å². The van der Waals surface area contributed by atoms with Crippen molar-refractivity contribution in [2.24, 2.45) is 0 Å². The van der Waals surface area contributed by atoms with Gasteiger partial charge >= 0.3 is 0 Å². The van der Waals surface area contributed by atoms with Gasteiger partial charge in [-0.2, -0.15) is 0 Å². The van der Waals surface area contributed by atoms with E-state index in [-0.39, 0.29) is 6.04 Å². The number of sulfone groups is 1. The molecule has 7 heteroatoms. The quantitative estimate of drug-likeness (QED) is 0.594. The number of thiocarbonyl (C=S) groups is 1. The molecule has 114 valence electrons. The van der Waals surface area contributed by atoms with Crippen molar-refractivity contribution in [3.8, 4) is 0 Å².